The van der Waals surface area contributed by atoms with E-state index in [9.17, 15) is 9.18 Å². The molecule has 24 heavy (non-hydrogen) atoms. The molecule has 3 N–H and O–H groups in total. The van der Waals surface area contributed by atoms with Crippen molar-refractivity contribution in [1.29, 1.82) is 0 Å². The SMILES string of the molecule is CCOc1nc(N)c2[nH]c(=O)n(Cc3ccc(CCl)cc3F)c2n1. The fraction of sp³-hybridized carbons (Fsp3) is 0.267. The van der Waals surface area contributed by atoms with E-state index in [4.69, 9.17) is 22.1 Å². The maximum Gasteiger partial charge on any atom is 0.328 e. The molecule has 3 aromatic rings. The van der Waals surface area contributed by atoms with Crippen molar-refractivity contribution in [3.63, 3.8) is 0 Å². The van der Waals surface area contributed by atoms with Crippen LogP contribution in [-0.4, -0.2) is 26.1 Å². The molecule has 0 saturated carbocycles. The Hall–Kier alpha value is -2.61. The number of benzene rings is 1. The zero-order chi connectivity index (χ0) is 17.3. The summed E-state index contributed by atoms with van der Waals surface area (Å²) in [4.78, 5) is 22.9. The number of nitrogens with one attached hydrogen (secondary N) is 1. The number of ether oxygens (including phenoxy) is 1. The molecule has 126 valence electrons. The summed E-state index contributed by atoms with van der Waals surface area (Å²) in [5, 5.41) is 0. The molecule has 0 atom stereocenters. The quantitative estimate of drug-likeness (QED) is 0.685. The second kappa shape index (κ2) is 6.48. The molecule has 0 spiro atoms. The third-order valence-corrected chi connectivity index (χ3v) is 3.81. The van der Waals surface area contributed by atoms with Crippen molar-refractivity contribution in [3.8, 4) is 6.01 Å². The molecule has 0 bridgehead atoms. The van der Waals surface area contributed by atoms with Gasteiger partial charge in [0.1, 0.15) is 11.3 Å². The number of imidazole rings is 1. The Morgan fingerprint density at radius 3 is 2.88 bits per heavy atom. The summed E-state index contributed by atoms with van der Waals surface area (Å²) in [5.74, 6) is -0.134. The molecule has 0 aliphatic carbocycles. The fourth-order valence-electron chi connectivity index (χ4n) is 2.34. The minimum atomic E-state index is -0.458. The average molecular weight is 352 g/mol. The minimum absolute atomic E-state index is 0.00471. The van der Waals surface area contributed by atoms with E-state index in [1.165, 1.54) is 10.6 Å². The van der Waals surface area contributed by atoms with Crippen molar-refractivity contribution in [3.05, 3.63) is 45.6 Å². The highest BCUT2D eigenvalue weighted by molar-refractivity contribution is 6.17. The first-order valence-corrected chi connectivity index (χ1v) is 7.79. The molecular weight excluding hydrogens is 337 g/mol. The summed E-state index contributed by atoms with van der Waals surface area (Å²) in [6, 6.07) is 4.71. The van der Waals surface area contributed by atoms with Crippen LogP contribution < -0.4 is 16.2 Å². The molecule has 0 aliphatic heterocycles. The maximum absolute atomic E-state index is 14.2. The molecule has 0 fully saturated rings. The van der Waals surface area contributed by atoms with Gasteiger partial charge in [0.2, 0.25) is 0 Å². The number of nitrogens with zero attached hydrogens (tertiary/aromatic N) is 3. The Kier molecular flexibility index (Phi) is 4.39. The lowest BCUT2D eigenvalue weighted by Gasteiger charge is -2.07. The van der Waals surface area contributed by atoms with Crippen molar-refractivity contribution in [2.45, 2.75) is 19.3 Å². The molecule has 0 aliphatic rings. The number of alkyl halides is 1. The molecule has 2 heterocycles. The summed E-state index contributed by atoms with van der Waals surface area (Å²) in [7, 11) is 0. The minimum Gasteiger partial charge on any atom is -0.464 e. The molecule has 9 heteroatoms. The predicted molar refractivity (Wildman–Crippen MR) is 88.8 cm³/mol. The van der Waals surface area contributed by atoms with E-state index in [0.29, 0.717) is 23.3 Å². The Morgan fingerprint density at radius 1 is 1.42 bits per heavy atom. The normalized spacial score (nSPS) is 11.1. The van der Waals surface area contributed by atoms with Crippen molar-refractivity contribution in [2.24, 2.45) is 0 Å². The van der Waals surface area contributed by atoms with Crippen molar-refractivity contribution >= 4 is 28.6 Å². The monoisotopic (exact) mass is 351 g/mol. The molecule has 3 rings (SSSR count). The first-order valence-electron chi connectivity index (χ1n) is 7.25. The van der Waals surface area contributed by atoms with Crippen LogP contribution in [0.4, 0.5) is 10.2 Å². The van der Waals surface area contributed by atoms with Crippen LogP contribution in [0.5, 0.6) is 6.01 Å². The lowest BCUT2D eigenvalue weighted by molar-refractivity contribution is 0.314. The largest absolute Gasteiger partial charge is 0.464 e. The van der Waals surface area contributed by atoms with Crippen LogP contribution >= 0.6 is 11.6 Å². The maximum atomic E-state index is 14.2. The molecule has 0 radical (unpaired) electrons. The highest BCUT2D eigenvalue weighted by atomic mass is 35.5. The molecule has 0 amide bonds. The number of anilines is 1. The summed E-state index contributed by atoms with van der Waals surface area (Å²) in [6.07, 6.45) is 0. The van der Waals surface area contributed by atoms with Crippen LogP contribution in [0.25, 0.3) is 11.2 Å². The number of halogens is 2. The van der Waals surface area contributed by atoms with Crippen LogP contribution in [-0.2, 0) is 12.4 Å². The zero-order valence-corrected chi connectivity index (χ0v) is 13.6. The van der Waals surface area contributed by atoms with Crippen LogP contribution in [0.3, 0.4) is 0 Å². The second-order valence-corrected chi connectivity index (χ2v) is 5.37. The predicted octanol–water partition coefficient (Wildman–Crippen LogP) is 2.03. The van der Waals surface area contributed by atoms with Crippen LogP contribution in [0.2, 0.25) is 0 Å². The van der Waals surface area contributed by atoms with E-state index < -0.39 is 11.5 Å². The number of hydrogen-bond donors (Lipinski definition) is 2. The van der Waals surface area contributed by atoms with Crippen LogP contribution in [0, 0.1) is 5.82 Å². The van der Waals surface area contributed by atoms with Gasteiger partial charge in [-0.15, -0.1) is 11.6 Å². The lowest BCUT2D eigenvalue weighted by Crippen LogP contribution is -2.18. The number of rotatable bonds is 5. The highest BCUT2D eigenvalue weighted by Crippen LogP contribution is 2.19. The van der Waals surface area contributed by atoms with E-state index >= 15 is 0 Å². The first-order chi connectivity index (χ1) is 11.5. The summed E-state index contributed by atoms with van der Waals surface area (Å²) in [5.41, 5.74) is 6.92. The average Bonchev–Trinajstić information content (AvgIpc) is 2.86. The number of fused-ring (bicyclic) bond motifs is 1. The van der Waals surface area contributed by atoms with Crippen molar-refractivity contribution in [1.82, 2.24) is 19.5 Å². The van der Waals surface area contributed by atoms with Crippen molar-refractivity contribution in [2.75, 3.05) is 12.3 Å². The van der Waals surface area contributed by atoms with E-state index in [-0.39, 0.29) is 29.9 Å². The number of nitrogen functional groups attached to an aromatic ring is 1. The van der Waals surface area contributed by atoms with Crippen LogP contribution in [0.1, 0.15) is 18.1 Å². The second-order valence-electron chi connectivity index (χ2n) is 5.10. The number of hydrogen-bond acceptors (Lipinski definition) is 5. The first kappa shape index (κ1) is 16.3. The molecule has 0 unspecified atom stereocenters. The van der Waals surface area contributed by atoms with Gasteiger partial charge in [-0.3, -0.25) is 4.57 Å². The Labute approximate surface area is 141 Å². The van der Waals surface area contributed by atoms with Gasteiger partial charge in [-0.05, 0) is 18.6 Å². The third kappa shape index (κ3) is 2.92. The topological polar surface area (TPSA) is 98.8 Å². The third-order valence-electron chi connectivity index (χ3n) is 3.50. The van der Waals surface area contributed by atoms with Crippen molar-refractivity contribution < 1.29 is 9.13 Å². The molecule has 0 saturated heterocycles. The van der Waals surface area contributed by atoms with Gasteiger partial charge >= 0.3 is 11.7 Å². The number of aromatic amines is 1. The number of H-pyrrole nitrogens is 1. The molecule has 2 aromatic heterocycles. The smallest absolute Gasteiger partial charge is 0.328 e. The van der Waals surface area contributed by atoms with Gasteiger partial charge in [0.05, 0.1) is 13.2 Å². The van der Waals surface area contributed by atoms with Crippen LogP contribution in [0.15, 0.2) is 23.0 Å². The van der Waals surface area contributed by atoms with Gasteiger partial charge in [0, 0.05) is 11.4 Å². The van der Waals surface area contributed by atoms with E-state index in [1.807, 2.05) is 0 Å². The van der Waals surface area contributed by atoms with Gasteiger partial charge in [-0.25, -0.2) is 9.18 Å². The summed E-state index contributed by atoms with van der Waals surface area (Å²) >= 11 is 5.69. The van der Waals surface area contributed by atoms with Gasteiger partial charge in [0.25, 0.3) is 0 Å². The van der Waals surface area contributed by atoms with Gasteiger partial charge in [-0.2, -0.15) is 9.97 Å². The van der Waals surface area contributed by atoms with E-state index in [0.717, 1.165) is 0 Å². The molecule has 1 aromatic carbocycles. The van der Waals surface area contributed by atoms with E-state index in [1.54, 1.807) is 19.1 Å². The molecular formula is C15H15ClFN5O2. The van der Waals surface area contributed by atoms with Gasteiger partial charge in [0.15, 0.2) is 11.5 Å². The summed E-state index contributed by atoms with van der Waals surface area (Å²) < 4.78 is 20.7. The Balaban J connectivity index is 2.09. The van der Waals surface area contributed by atoms with Gasteiger partial charge in [-0.1, -0.05) is 12.1 Å². The summed E-state index contributed by atoms with van der Waals surface area (Å²) in [6.45, 7) is 2.13. The highest BCUT2D eigenvalue weighted by Gasteiger charge is 2.16. The number of aromatic nitrogens is 4. The molecule has 7 nitrogen and oxygen atoms in total. The Bertz CT molecular complexity index is 953. The Morgan fingerprint density at radius 2 is 2.21 bits per heavy atom. The van der Waals surface area contributed by atoms with Gasteiger partial charge < -0.3 is 15.5 Å². The standard InChI is InChI=1S/C15H15ClFN5O2/c1-2-24-14-20-12(18)11-13(21-14)22(15(23)19-11)7-9-4-3-8(6-16)5-10(9)17/h3-5H,2,6-7H2,1H3,(H,19,23)(H2,18,20,21). The van der Waals surface area contributed by atoms with E-state index in [2.05, 4.69) is 15.0 Å². The lowest BCUT2D eigenvalue weighted by atomic mass is 10.1. The fourth-order valence-corrected chi connectivity index (χ4v) is 2.51. The zero-order valence-electron chi connectivity index (χ0n) is 12.8. The number of nitrogens with two attached hydrogens (primary N) is 1.